The van der Waals surface area contributed by atoms with Crippen molar-refractivity contribution in [1.29, 1.82) is 0 Å². The molecule has 4 aromatic rings. The number of aliphatic hydroxyl groups is 1. The Balaban J connectivity index is 1.56. The Labute approximate surface area is 184 Å². The lowest BCUT2D eigenvalue weighted by Crippen LogP contribution is -2.21. The third-order valence-electron chi connectivity index (χ3n) is 4.68. The number of carbonyl (C=O) groups is 1. The van der Waals surface area contributed by atoms with E-state index in [-0.39, 0.29) is 19.1 Å². The molecule has 0 aliphatic heterocycles. The molecule has 2 N–H and O–H groups in total. The van der Waals surface area contributed by atoms with E-state index in [2.05, 4.69) is 15.5 Å². The van der Waals surface area contributed by atoms with Crippen LogP contribution in [0.3, 0.4) is 0 Å². The van der Waals surface area contributed by atoms with E-state index < -0.39 is 0 Å². The van der Waals surface area contributed by atoms with E-state index in [9.17, 15) is 9.90 Å². The van der Waals surface area contributed by atoms with Crippen molar-refractivity contribution < 1.29 is 14.6 Å². The van der Waals surface area contributed by atoms with Crippen LogP contribution >= 0.6 is 11.6 Å². The van der Waals surface area contributed by atoms with Gasteiger partial charge in [-0.1, -0.05) is 35.9 Å². The first-order valence-corrected chi connectivity index (χ1v) is 10.2. The van der Waals surface area contributed by atoms with Crippen LogP contribution in [0.15, 0.2) is 60.7 Å². The molecule has 0 radical (unpaired) electrons. The molecule has 0 saturated heterocycles. The fraction of sp³-hybridized carbons (Fsp3) is 0.174. The molecule has 0 atom stereocenters. The van der Waals surface area contributed by atoms with Crippen molar-refractivity contribution in [2.45, 2.75) is 13.3 Å². The van der Waals surface area contributed by atoms with Gasteiger partial charge < -0.3 is 15.2 Å². The van der Waals surface area contributed by atoms with Crippen molar-refractivity contribution >= 4 is 34.2 Å². The minimum absolute atomic E-state index is 0.0217. The normalized spacial score (nSPS) is 10.9. The van der Waals surface area contributed by atoms with Crippen molar-refractivity contribution in [3.05, 3.63) is 76.8 Å². The van der Waals surface area contributed by atoms with Gasteiger partial charge >= 0.3 is 0 Å². The van der Waals surface area contributed by atoms with Crippen LogP contribution in [0, 0.1) is 6.92 Å². The van der Waals surface area contributed by atoms with E-state index >= 15 is 0 Å². The maximum absolute atomic E-state index is 12.4. The highest BCUT2D eigenvalue weighted by Crippen LogP contribution is 2.26. The Morgan fingerprint density at radius 3 is 2.52 bits per heavy atom. The summed E-state index contributed by atoms with van der Waals surface area (Å²) < 4.78 is 5.80. The van der Waals surface area contributed by atoms with E-state index in [1.807, 2.05) is 49.4 Å². The van der Waals surface area contributed by atoms with Crippen molar-refractivity contribution in [3.8, 4) is 11.4 Å². The Morgan fingerprint density at radius 2 is 1.84 bits per heavy atom. The number of ether oxygens (including phenoxy) is 1. The number of halogens is 1. The van der Waals surface area contributed by atoms with E-state index in [0.29, 0.717) is 28.6 Å². The van der Waals surface area contributed by atoms with Crippen LogP contribution in [0.1, 0.15) is 11.1 Å². The molecular weight excluding hydrogens is 416 g/mol. The smallest absolute Gasteiger partial charge is 0.262 e. The molecule has 0 saturated carbocycles. The fourth-order valence-electron chi connectivity index (χ4n) is 3.14. The Kier molecular flexibility index (Phi) is 6.16. The molecule has 8 heteroatoms. The molecule has 0 aliphatic carbocycles. The van der Waals surface area contributed by atoms with Gasteiger partial charge in [-0.2, -0.15) is 0 Å². The predicted octanol–water partition coefficient (Wildman–Crippen LogP) is 3.93. The molecule has 0 spiro atoms. The Morgan fingerprint density at radius 1 is 1.10 bits per heavy atom. The van der Waals surface area contributed by atoms with Gasteiger partial charge in [-0.05, 0) is 60.9 Å². The van der Waals surface area contributed by atoms with Gasteiger partial charge in [-0.15, -0.1) is 15.0 Å². The molecule has 0 aliphatic rings. The van der Waals surface area contributed by atoms with Gasteiger partial charge in [-0.25, -0.2) is 0 Å². The summed E-state index contributed by atoms with van der Waals surface area (Å²) in [6.07, 6.45) is 0.487. The highest BCUT2D eigenvalue weighted by atomic mass is 35.5. The number of anilines is 1. The van der Waals surface area contributed by atoms with Gasteiger partial charge in [0.2, 0.25) is 0 Å². The highest BCUT2D eigenvalue weighted by Gasteiger charge is 2.14. The summed E-state index contributed by atoms with van der Waals surface area (Å²) in [6.45, 7) is 1.74. The lowest BCUT2D eigenvalue weighted by atomic mass is 10.1. The number of benzene rings is 3. The summed E-state index contributed by atoms with van der Waals surface area (Å²) in [7, 11) is 0. The zero-order chi connectivity index (χ0) is 21.8. The maximum Gasteiger partial charge on any atom is 0.262 e. The van der Waals surface area contributed by atoms with Gasteiger partial charge in [0.15, 0.2) is 6.61 Å². The molecule has 1 heterocycles. The van der Waals surface area contributed by atoms with Crippen LogP contribution in [-0.2, 0) is 11.2 Å². The van der Waals surface area contributed by atoms with E-state index in [0.717, 1.165) is 22.2 Å². The second-order valence-electron chi connectivity index (χ2n) is 7.07. The van der Waals surface area contributed by atoms with Gasteiger partial charge in [0.05, 0.1) is 10.7 Å². The molecule has 4 rings (SSSR count). The number of fused-ring (bicyclic) bond motifs is 1. The molecule has 0 fully saturated rings. The molecular formula is C23H21ClN4O3. The van der Waals surface area contributed by atoms with E-state index in [1.165, 1.54) is 4.80 Å². The topological polar surface area (TPSA) is 89.3 Å². The number of amides is 1. The van der Waals surface area contributed by atoms with E-state index in [4.69, 9.17) is 16.3 Å². The highest BCUT2D eigenvalue weighted by molar-refractivity contribution is 6.33. The van der Waals surface area contributed by atoms with Crippen molar-refractivity contribution in [1.82, 2.24) is 15.0 Å². The monoisotopic (exact) mass is 436 g/mol. The number of nitrogens with one attached hydrogen (secondary N) is 1. The molecule has 7 nitrogen and oxygen atoms in total. The Bertz CT molecular complexity index is 1210. The van der Waals surface area contributed by atoms with Gasteiger partial charge in [0.25, 0.3) is 5.91 Å². The van der Waals surface area contributed by atoms with Crippen molar-refractivity contribution in [3.63, 3.8) is 0 Å². The molecule has 3 aromatic carbocycles. The van der Waals surface area contributed by atoms with E-state index in [1.54, 1.807) is 18.2 Å². The van der Waals surface area contributed by atoms with Gasteiger partial charge in [0.1, 0.15) is 22.5 Å². The second kappa shape index (κ2) is 9.16. The number of aliphatic hydroxyl groups excluding tert-OH is 1. The summed E-state index contributed by atoms with van der Waals surface area (Å²) in [5.74, 6) is 0.113. The van der Waals surface area contributed by atoms with Gasteiger partial charge in [-0.3, -0.25) is 4.79 Å². The largest absolute Gasteiger partial charge is 0.481 e. The average molecular weight is 437 g/mol. The number of hydrogen-bond donors (Lipinski definition) is 2. The average Bonchev–Trinajstić information content (AvgIpc) is 3.19. The fourth-order valence-corrected chi connectivity index (χ4v) is 3.43. The first-order valence-electron chi connectivity index (χ1n) is 9.78. The second-order valence-corrected chi connectivity index (χ2v) is 7.48. The first-order chi connectivity index (χ1) is 15.0. The minimum atomic E-state index is -0.338. The molecule has 0 unspecified atom stereocenters. The number of carbonyl (C=O) groups excluding carboxylic acids is 1. The van der Waals surface area contributed by atoms with Crippen LogP contribution in [0.4, 0.5) is 5.69 Å². The third kappa shape index (κ3) is 4.84. The number of nitrogens with zero attached hydrogens (tertiary/aromatic N) is 3. The number of aryl methyl sites for hydroxylation is 1. The minimum Gasteiger partial charge on any atom is -0.481 e. The van der Waals surface area contributed by atoms with Crippen LogP contribution in [0.5, 0.6) is 5.75 Å². The Hall–Kier alpha value is -3.42. The van der Waals surface area contributed by atoms with Crippen LogP contribution in [0.25, 0.3) is 16.7 Å². The van der Waals surface area contributed by atoms with Gasteiger partial charge in [0, 0.05) is 6.61 Å². The summed E-state index contributed by atoms with van der Waals surface area (Å²) in [6, 6.07) is 18.4. The third-order valence-corrected chi connectivity index (χ3v) is 5.00. The number of aromatic nitrogens is 3. The lowest BCUT2D eigenvalue weighted by Gasteiger charge is -2.13. The SMILES string of the molecule is Cc1ccc(NC(=O)COc2ccc(CCO)cc2-n2nc3ccccc3n2)c(Cl)c1. The standard InChI is InChI=1S/C23H21ClN4O3/c1-15-6-8-18(17(24)12-15)25-23(30)14-31-22-9-7-16(10-11-29)13-21(22)28-26-19-4-2-3-5-20(19)27-28/h2-9,12-13,29H,10-11,14H2,1H3,(H,25,30). The first kappa shape index (κ1) is 20.8. The van der Waals surface area contributed by atoms with Crippen molar-refractivity contribution in [2.24, 2.45) is 0 Å². The number of rotatable bonds is 7. The molecule has 0 bridgehead atoms. The summed E-state index contributed by atoms with van der Waals surface area (Å²) in [5.41, 5.74) is 4.51. The predicted molar refractivity (Wildman–Crippen MR) is 120 cm³/mol. The zero-order valence-electron chi connectivity index (χ0n) is 16.9. The molecule has 158 valence electrons. The molecule has 1 aromatic heterocycles. The van der Waals surface area contributed by atoms with Crippen molar-refractivity contribution in [2.75, 3.05) is 18.5 Å². The lowest BCUT2D eigenvalue weighted by molar-refractivity contribution is -0.118. The summed E-state index contributed by atoms with van der Waals surface area (Å²) >= 11 is 6.19. The molecule has 1 amide bonds. The summed E-state index contributed by atoms with van der Waals surface area (Å²) in [5, 5.41) is 21.5. The van der Waals surface area contributed by atoms with Crippen LogP contribution in [0.2, 0.25) is 5.02 Å². The zero-order valence-corrected chi connectivity index (χ0v) is 17.6. The van der Waals surface area contributed by atoms with Crippen LogP contribution in [-0.4, -0.2) is 39.2 Å². The molecule has 31 heavy (non-hydrogen) atoms. The quantitative estimate of drug-likeness (QED) is 0.458. The van der Waals surface area contributed by atoms with Crippen LogP contribution < -0.4 is 10.1 Å². The summed E-state index contributed by atoms with van der Waals surface area (Å²) in [4.78, 5) is 13.9. The maximum atomic E-state index is 12.4. The number of hydrogen-bond acceptors (Lipinski definition) is 5.